The summed E-state index contributed by atoms with van der Waals surface area (Å²) in [5, 5.41) is 6.56. The molecule has 3 rings (SSSR count). The number of ether oxygens (including phenoxy) is 1. The maximum Gasteiger partial charge on any atom is 0.258 e. The lowest BCUT2D eigenvalue weighted by Gasteiger charge is -2.08. The third kappa shape index (κ3) is 5.18. The molecule has 0 aliphatic rings. The minimum Gasteiger partial charge on any atom is -0.494 e. The second-order valence-electron chi connectivity index (χ2n) is 5.65. The molecule has 27 heavy (non-hydrogen) atoms. The smallest absolute Gasteiger partial charge is 0.258 e. The summed E-state index contributed by atoms with van der Waals surface area (Å²) < 4.78 is 5.38. The van der Waals surface area contributed by atoms with Crippen LogP contribution < -0.4 is 15.4 Å². The predicted molar refractivity (Wildman–Crippen MR) is 106 cm³/mol. The number of benzene rings is 2. The SMILES string of the molecule is CCOc1ccc(NC(=O)c2cnc(NCc3ccccc3Cl)nc2)cc1. The van der Waals surface area contributed by atoms with E-state index in [2.05, 4.69) is 20.6 Å². The van der Waals surface area contributed by atoms with Crippen molar-refractivity contribution in [2.45, 2.75) is 13.5 Å². The van der Waals surface area contributed by atoms with Crippen LogP contribution in [-0.4, -0.2) is 22.5 Å². The van der Waals surface area contributed by atoms with Gasteiger partial charge in [0.05, 0.1) is 12.2 Å². The van der Waals surface area contributed by atoms with Crippen LogP contribution in [0, 0.1) is 0 Å². The summed E-state index contributed by atoms with van der Waals surface area (Å²) in [6, 6.07) is 14.7. The molecule has 1 amide bonds. The second kappa shape index (κ2) is 9.00. The lowest BCUT2D eigenvalue weighted by Crippen LogP contribution is -2.13. The van der Waals surface area contributed by atoms with E-state index in [0.717, 1.165) is 11.3 Å². The highest BCUT2D eigenvalue weighted by Gasteiger charge is 2.08. The molecule has 2 aromatic carbocycles. The molecule has 1 heterocycles. The summed E-state index contributed by atoms with van der Waals surface area (Å²) in [4.78, 5) is 20.7. The van der Waals surface area contributed by atoms with Crippen molar-refractivity contribution in [3.05, 3.63) is 77.1 Å². The first-order chi connectivity index (χ1) is 13.2. The number of anilines is 2. The van der Waals surface area contributed by atoms with Crippen LogP contribution in [0.3, 0.4) is 0 Å². The Morgan fingerprint density at radius 3 is 2.44 bits per heavy atom. The minimum atomic E-state index is -0.281. The molecule has 6 nitrogen and oxygen atoms in total. The molecular weight excluding hydrogens is 364 g/mol. The molecule has 0 atom stereocenters. The van der Waals surface area contributed by atoms with E-state index in [1.165, 1.54) is 12.4 Å². The van der Waals surface area contributed by atoms with Gasteiger partial charge in [0.1, 0.15) is 5.75 Å². The molecule has 3 aromatic rings. The van der Waals surface area contributed by atoms with Crippen LogP contribution in [0.4, 0.5) is 11.6 Å². The normalized spacial score (nSPS) is 10.3. The molecule has 0 fully saturated rings. The minimum absolute atomic E-state index is 0.281. The van der Waals surface area contributed by atoms with Gasteiger partial charge in [-0.2, -0.15) is 0 Å². The highest BCUT2D eigenvalue weighted by Crippen LogP contribution is 2.17. The van der Waals surface area contributed by atoms with Crippen molar-refractivity contribution >= 4 is 29.1 Å². The van der Waals surface area contributed by atoms with E-state index in [1.54, 1.807) is 24.3 Å². The number of carbonyl (C=O) groups excluding carboxylic acids is 1. The van der Waals surface area contributed by atoms with Gasteiger partial charge < -0.3 is 15.4 Å². The van der Waals surface area contributed by atoms with Crippen molar-refractivity contribution in [2.24, 2.45) is 0 Å². The second-order valence-corrected chi connectivity index (χ2v) is 6.06. The monoisotopic (exact) mass is 382 g/mol. The predicted octanol–water partition coefficient (Wildman–Crippen LogP) is 4.39. The van der Waals surface area contributed by atoms with Gasteiger partial charge in [0.2, 0.25) is 5.95 Å². The maximum atomic E-state index is 12.3. The molecule has 0 aliphatic carbocycles. The van der Waals surface area contributed by atoms with E-state index in [0.29, 0.717) is 35.4 Å². The van der Waals surface area contributed by atoms with Gasteiger partial charge in [-0.3, -0.25) is 4.79 Å². The number of amides is 1. The summed E-state index contributed by atoms with van der Waals surface area (Å²) in [6.45, 7) is 3.01. The lowest BCUT2D eigenvalue weighted by molar-refractivity contribution is 0.102. The van der Waals surface area contributed by atoms with Crippen molar-refractivity contribution in [1.29, 1.82) is 0 Å². The van der Waals surface area contributed by atoms with Crippen molar-refractivity contribution in [2.75, 3.05) is 17.2 Å². The molecule has 0 spiro atoms. The van der Waals surface area contributed by atoms with Gasteiger partial charge >= 0.3 is 0 Å². The summed E-state index contributed by atoms with van der Waals surface area (Å²) >= 11 is 6.12. The van der Waals surface area contributed by atoms with Crippen LogP contribution in [0.1, 0.15) is 22.8 Å². The number of halogens is 1. The van der Waals surface area contributed by atoms with Crippen molar-refractivity contribution in [3.63, 3.8) is 0 Å². The van der Waals surface area contributed by atoms with Crippen LogP contribution in [0.5, 0.6) is 5.75 Å². The standard InChI is InChI=1S/C20H19ClN4O2/c1-2-27-17-9-7-16(8-10-17)25-19(26)15-12-23-20(24-13-15)22-11-14-5-3-4-6-18(14)21/h3-10,12-13H,2,11H2,1H3,(H,25,26)(H,22,23,24). The Kier molecular flexibility index (Phi) is 6.22. The Morgan fingerprint density at radius 1 is 1.07 bits per heavy atom. The molecule has 0 unspecified atom stereocenters. The topological polar surface area (TPSA) is 76.1 Å². The fourth-order valence-electron chi connectivity index (χ4n) is 2.36. The molecule has 0 saturated heterocycles. The molecule has 0 aliphatic heterocycles. The number of nitrogens with zero attached hydrogens (tertiary/aromatic N) is 2. The van der Waals surface area contributed by atoms with Crippen molar-refractivity contribution in [1.82, 2.24) is 9.97 Å². The van der Waals surface area contributed by atoms with E-state index in [1.807, 2.05) is 31.2 Å². The lowest BCUT2D eigenvalue weighted by atomic mass is 10.2. The Labute approximate surface area is 162 Å². The average molecular weight is 383 g/mol. The highest BCUT2D eigenvalue weighted by molar-refractivity contribution is 6.31. The van der Waals surface area contributed by atoms with E-state index in [9.17, 15) is 4.79 Å². The molecule has 138 valence electrons. The Hall–Kier alpha value is -3.12. The average Bonchev–Trinajstić information content (AvgIpc) is 2.69. The Balaban J connectivity index is 1.57. The maximum absolute atomic E-state index is 12.3. The van der Waals surface area contributed by atoms with Crippen LogP contribution in [0.25, 0.3) is 0 Å². The molecule has 2 N–H and O–H groups in total. The molecular formula is C20H19ClN4O2. The molecule has 1 aromatic heterocycles. The quantitative estimate of drug-likeness (QED) is 0.633. The summed E-state index contributed by atoms with van der Waals surface area (Å²) in [6.07, 6.45) is 2.96. The van der Waals surface area contributed by atoms with Crippen molar-refractivity contribution < 1.29 is 9.53 Å². The Morgan fingerprint density at radius 2 is 1.78 bits per heavy atom. The number of hydrogen-bond donors (Lipinski definition) is 2. The number of carbonyl (C=O) groups is 1. The highest BCUT2D eigenvalue weighted by atomic mass is 35.5. The van der Waals surface area contributed by atoms with Gasteiger partial charge in [0.25, 0.3) is 5.91 Å². The number of aromatic nitrogens is 2. The molecule has 0 bridgehead atoms. The van der Waals surface area contributed by atoms with Gasteiger partial charge in [-0.05, 0) is 42.8 Å². The van der Waals surface area contributed by atoms with Crippen LogP contribution in [0.2, 0.25) is 5.02 Å². The summed E-state index contributed by atoms with van der Waals surface area (Å²) in [7, 11) is 0. The first kappa shape index (κ1) is 18.7. The van der Waals surface area contributed by atoms with Crippen LogP contribution in [0.15, 0.2) is 60.9 Å². The molecule has 7 heteroatoms. The van der Waals surface area contributed by atoms with E-state index in [4.69, 9.17) is 16.3 Å². The number of hydrogen-bond acceptors (Lipinski definition) is 5. The third-order valence-corrected chi connectivity index (χ3v) is 4.10. The molecule has 0 saturated carbocycles. The Bertz CT molecular complexity index is 899. The molecule has 0 radical (unpaired) electrons. The first-order valence-electron chi connectivity index (χ1n) is 8.49. The zero-order valence-corrected chi connectivity index (χ0v) is 15.5. The summed E-state index contributed by atoms with van der Waals surface area (Å²) in [5.41, 5.74) is 1.98. The summed E-state index contributed by atoms with van der Waals surface area (Å²) in [5.74, 6) is 0.900. The van der Waals surface area contributed by atoms with Crippen LogP contribution in [-0.2, 0) is 6.54 Å². The van der Waals surface area contributed by atoms with E-state index in [-0.39, 0.29) is 5.91 Å². The zero-order chi connectivity index (χ0) is 19.1. The zero-order valence-electron chi connectivity index (χ0n) is 14.8. The van der Waals surface area contributed by atoms with Gasteiger partial charge in [-0.25, -0.2) is 9.97 Å². The van der Waals surface area contributed by atoms with Gasteiger partial charge in [-0.1, -0.05) is 29.8 Å². The third-order valence-electron chi connectivity index (χ3n) is 3.73. The van der Waals surface area contributed by atoms with E-state index < -0.39 is 0 Å². The van der Waals surface area contributed by atoms with E-state index >= 15 is 0 Å². The fourth-order valence-corrected chi connectivity index (χ4v) is 2.56. The van der Waals surface area contributed by atoms with Gasteiger partial charge in [0, 0.05) is 29.6 Å². The number of rotatable bonds is 7. The largest absolute Gasteiger partial charge is 0.494 e. The first-order valence-corrected chi connectivity index (χ1v) is 8.87. The van der Waals surface area contributed by atoms with Gasteiger partial charge in [0.15, 0.2) is 0 Å². The van der Waals surface area contributed by atoms with Crippen LogP contribution >= 0.6 is 11.6 Å². The van der Waals surface area contributed by atoms with Crippen molar-refractivity contribution in [3.8, 4) is 5.75 Å². The van der Waals surface area contributed by atoms with Gasteiger partial charge in [-0.15, -0.1) is 0 Å². The number of nitrogens with one attached hydrogen (secondary N) is 2. The fraction of sp³-hybridized carbons (Fsp3) is 0.150.